The van der Waals surface area contributed by atoms with E-state index in [4.69, 9.17) is 0 Å². The molecule has 0 bridgehead atoms. The van der Waals surface area contributed by atoms with Gasteiger partial charge in [0.25, 0.3) is 0 Å². The second kappa shape index (κ2) is 5.38. The monoisotopic (exact) mass is 285 g/mol. The number of para-hydroxylation sites is 1. The molecule has 0 fully saturated rings. The highest BCUT2D eigenvalue weighted by molar-refractivity contribution is 7.09. The zero-order valence-corrected chi connectivity index (χ0v) is 12.9. The first-order valence-electron chi connectivity index (χ1n) is 6.81. The number of benzene rings is 1. The number of hydrogen-bond acceptors (Lipinski definition) is 3. The van der Waals surface area contributed by atoms with Gasteiger partial charge in [-0.05, 0) is 25.5 Å². The molecule has 2 heterocycles. The predicted octanol–water partition coefficient (Wildman–Crippen LogP) is 3.54. The number of rotatable bonds is 4. The van der Waals surface area contributed by atoms with Gasteiger partial charge in [-0.1, -0.05) is 18.2 Å². The highest BCUT2D eigenvalue weighted by Gasteiger charge is 2.10. The van der Waals surface area contributed by atoms with Crippen LogP contribution < -0.4 is 5.32 Å². The number of thiazole rings is 1. The van der Waals surface area contributed by atoms with Gasteiger partial charge < -0.3 is 9.88 Å². The molecule has 3 aromatic rings. The van der Waals surface area contributed by atoms with Gasteiger partial charge in [-0.25, -0.2) is 4.98 Å². The number of nitrogens with zero attached hydrogens (tertiary/aromatic N) is 2. The van der Waals surface area contributed by atoms with Crippen molar-refractivity contribution in [2.75, 3.05) is 0 Å². The van der Waals surface area contributed by atoms with Crippen molar-refractivity contribution < 1.29 is 0 Å². The fourth-order valence-electron chi connectivity index (χ4n) is 2.69. The molecule has 0 aliphatic carbocycles. The minimum absolute atomic E-state index is 0.825. The second-order valence-electron chi connectivity index (χ2n) is 5.11. The maximum Gasteiger partial charge on any atom is 0.0897 e. The minimum Gasteiger partial charge on any atom is -0.346 e. The molecule has 0 spiro atoms. The van der Waals surface area contributed by atoms with Gasteiger partial charge in [-0.2, -0.15) is 0 Å². The molecule has 0 unspecified atom stereocenters. The molecule has 20 heavy (non-hydrogen) atoms. The number of aryl methyl sites for hydroxylation is 3. The molecule has 0 amide bonds. The maximum atomic E-state index is 4.48. The van der Waals surface area contributed by atoms with Crippen LogP contribution >= 0.6 is 11.3 Å². The van der Waals surface area contributed by atoms with E-state index in [0.717, 1.165) is 23.8 Å². The minimum atomic E-state index is 0.825. The summed E-state index contributed by atoms with van der Waals surface area (Å²) in [6, 6.07) is 8.56. The molecule has 3 nitrogen and oxygen atoms in total. The van der Waals surface area contributed by atoms with Crippen LogP contribution in [0.3, 0.4) is 0 Å². The van der Waals surface area contributed by atoms with Crippen molar-refractivity contribution in [2.24, 2.45) is 7.05 Å². The van der Waals surface area contributed by atoms with Crippen LogP contribution in [0.4, 0.5) is 0 Å². The average molecular weight is 285 g/mol. The summed E-state index contributed by atoms with van der Waals surface area (Å²) in [5.41, 5.74) is 5.14. The standard InChI is InChI=1S/C16H19N3S/c1-11-14-6-4-5-7-15(14)19(3)16(11)9-17-8-13-10-20-12(2)18-13/h4-7,10,17H,8-9H2,1-3H3. The Kier molecular flexibility index (Phi) is 3.59. The van der Waals surface area contributed by atoms with E-state index in [0.29, 0.717) is 0 Å². The Morgan fingerprint density at radius 2 is 2.00 bits per heavy atom. The van der Waals surface area contributed by atoms with Crippen LogP contribution in [0, 0.1) is 13.8 Å². The van der Waals surface area contributed by atoms with E-state index in [1.54, 1.807) is 11.3 Å². The quantitative estimate of drug-likeness (QED) is 0.794. The first-order chi connectivity index (χ1) is 9.66. The van der Waals surface area contributed by atoms with Gasteiger partial charge in [-0.3, -0.25) is 0 Å². The van der Waals surface area contributed by atoms with E-state index in [1.807, 2.05) is 6.92 Å². The lowest BCUT2D eigenvalue weighted by Gasteiger charge is -2.07. The molecule has 0 atom stereocenters. The molecule has 0 saturated carbocycles. The summed E-state index contributed by atoms with van der Waals surface area (Å²) in [5.74, 6) is 0. The van der Waals surface area contributed by atoms with Crippen molar-refractivity contribution in [2.45, 2.75) is 26.9 Å². The third-order valence-corrected chi connectivity index (χ3v) is 4.59. The predicted molar refractivity (Wildman–Crippen MR) is 85.1 cm³/mol. The van der Waals surface area contributed by atoms with E-state index >= 15 is 0 Å². The normalized spacial score (nSPS) is 11.3. The Bertz CT molecular complexity index is 700. The lowest BCUT2D eigenvalue weighted by Crippen LogP contribution is -2.15. The smallest absolute Gasteiger partial charge is 0.0897 e. The van der Waals surface area contributed by atoms with Gasteiger partial charge in [0.15, 0.2) is 0 Å². The third kappa shape index (κ3) is 2.37. The summed E-state index contributed by atoms with van der Waals surface area (Å²) in [5, 5.41) is 8.09. The highest BCUT2D eigenvalue weighted by Crippen LogP contribution is 2.24. The molecule has 0 aliphatic rings. The van der Waals surface area contributed by atoms with Crippen LogP contribution in [0.25, 0.3) is 10.9 Å². The fraction of sp³-hybridized carbons (Fsp3) is 0.312. The van der Waals surface area contributed by atoms with Crippen molar-refractivity contribution in [1.82, 2.24) is 14.9 Å². The van der Waals surface area contributed by atoms with E-state index in [9.17, 15) is 0 Å². The average Bonchev–Trinajstić information content (AvgIpc) is 2.97. The third-order valence-electron chi connectivity index (χ3n) is 3.77. The number of nitrogens with one attached hydrogen (secondary N) is 1. The summed E-state index contributed by atoms with van der Waals surface area (Å²) >= 11 is 1.70. The Morgan fingerprint density at radius 1 is 1.20 bits per heavy atom. The molecule has 104 valence electrons. The van der Waals surface area contributed by atoms with Crippen molar-refractivity contribution in [3.8, 4) is 0 Å². The van der Waals surface area contributed by atoms with Gasteiger partial charge >= 0.3 is 0 Å². The van der Waals surface area contributed by atoms with Crippen molar-refractivity contribution in [1.29, 1.82) is 0 Å². The summed E-state index contributed by atoms with van der Waals surface area (Å²) < 4.78 is 2.28. The summed E-state index contributed by atoms with van der Waals surface area (Å²) in [6.07, 6.45) is 0. The molecule has 0 radical (unpaired) electrons. The van der Waals surface area contributed by atoms with Gasteiger partial charge in [0.05, 0.1) is 10.7 Å². The molecular weight excluding hydrogens is 266 g/mol. The fourth-order valence-corrected chi connectivity index (χ4v) is 3.30. The lowest BCUT2D eigenvalue weighted by atomic mass is 10.1. The van der Waals surface area contributed by atoms with Gasteiger partial charge in [-0.15, -0.1) is 11.3 Å². The van der Waals surface area contributed by atoms with Crippen molar-refractivity contribution in [3.63, 3.8) is 0 Å². The number of aromatic nitrogens is 2. The summed E-state index contributed by atoms with van der Waals surface area (Å²) in [4.78, 5) is 4.48. The van der Waals surface area contributed by atoms with Gasteiger partial charge in [0, 0.05) is 42.1 Å². The number of hydrogen-bond donors (Lipinski definition) is 1. The molecule has 0 aliphatic heterocycles. The molecule has 2 aromatic heterocycles. The van der Waals surface area contributed by atoms with E-state index in [1.165, 1.54) is 22.2 Å². The molecule has 4 heteroatoms. The first-order valence-corrected chi connectivity index (χ1v) is 7.69. The Hall–Kier alpha value is -1.65. The largest absolute Gasteiger partial charge is 0.346 e. The zero-order chi connectivity index (χ0) is 14.1. The van der Waals surface area contributed by atoms with Crippen LogP contribution in [0.15, 0.2) is 29.6 Å². The van der Waals surface area contributed by atoms with E-state index in [2.05, 4.69) is 58.5 Å². The molecular formula is C16H19N3S. The number of fused-ring (bicyclic) bond motifs is 1. The summed E-state index contributed by atoms with van der Waals surface area (Å²) in [7, 11) is 2.14. The van der Waals surface area contributed by atoms with Crippen LogP contribution in [-0.2, 0) is 20.1 Å². The SMILES string of the molecule is Cc1nc(CNCc2c(C)c3ccccc3n2C)cs1. The second-order valence-corrected chi connectivity index (χ2v) is 6.17. The highest BCUT2D eigenvalue weighted by atomic mass is 32.1. The van der Waals surface area contributed by atoms with E-state index in [-0.39, 0.29) is 0 Å². The van der Waals surface area contributed by atoms with Crippen molar-refractivity contribution in [3.05, 3.63) is 51.6 Å². The first kappa shape index (κ1) is 13.3. The molecule has 1 N–H and O–H groups in total. The Labute approximate surface area is 123 Å². The van der Waals surface area contributed by atoms with Crippen LogP contribution in [0.5, 0.6) is 0 Å². The van der Waals surface area contributed by atoms with Crippen molar-refractivity contribution >= 4 is 22.2 Å². The Balaban J connectivity index is 1.77. The molecule has 3 rings (SSSR count). The zero-order valence-electron chi connectivity index (χ0n) is 12.1. The van der Waals surface area contributed by atoms with Crippen LogP contribution in [0.2, 0.25) is 0 Å². The van der Waals surface area contributed by atoms with Gasteiger partial charge in [0.2, 0.25) is 0 Å². The van der Waals surface area contributed by atoms with Crippen LogP contribution in [0.1, 0.15) is 22.0 Å². The Morgan fingerprint density at radius 3 is 2.70 bits per heavy atom. The van der Waals surface area contributed by atoms with E-state index < -0.39 is 0 Å². The molecule has 0 saturated heterocycles. The maximum absolute atomic E-state index is 4.48. The lowest BCUT2D eigenvalue weighted by molar-refractivity contribution is 0.648. The molecule has 1 aromatic carbocycles. The summed E-state index contributed by atoms with van der Waals surface area (Å²) in [6.45, 7) is 5.94. The van der Waals surface area contributed by atoms with Gasteiger partial charge in [0.1, 0.15) is 0 Å². The van der Waals surface area contributed by atoms with Crippen LogP contribution in [-0.4, -0.2) is 9.55 Å². The topological polar surface area (TPSA) is 29.9 Å².